The lowest BCUT2D eigenvalue weighted by atomic mass is 9.92. The van der Waals surface area contributed by atoms with Crippen molar-refractivity contribution in [2.45, 2.75) is 19.0 Å². The Morgan fingerprint density at radius 3 is 2.63 bits per heavy atom. The highest BCUT2D eigenvalue weighted by atomic mass is 35.5. The zero-order valence-electron chi connectivity index (χ0n) is 14.4. The monoisotopic (exact) mass is 390 g/mol. The fourth-order valence-corrected chi connectivity index (χ4v) is 3.55. The molecule has 27 heavy (non-hydrogen) atoms. The van der Waals surface area contributed by atoms with Gasteiger partial charge >= 0.3 is 6.03 Å². The van der Waals surface area contributed by atoms with Crippen molar-refractivity contribution in [2.75, 3.05) is 13.2 Å². The van der Waals surface area contributed by atoms with E-state index in [-0.39, 0.29) is 6.54 Å². The van der Waals surface area contributed by atoms with Gasteiger partial charge in [0, 0.05) is 0 Å². The molecule has 1 N–H and O–H groups in total. The van der Waals surface area contributed by atoms with Crippen LogP contribution in [0.15, 0.2) is 36.4 Å². The molecule has 0 saturated carbocycles. The molecule has 2 aromatic carbocycles. The normalized spacial score (nSPS) is 21.4. The highest BCUT2D eigenvalue weighted by molar-refractivity contribution is 6.32. The molecule has 8 heteroatoms. The van der Waals surface area contributed by atoms with Gasteiger partial charge in [0.2, 0.25) is 0 Å². The SMILES string of the molecule is CC1(c2ccc(F)cc2)NC(=O)N(Cc2cc(Cl)c3c(c2)OCCO3)C1=O. The quantitative estimate of drug-likeness (QED) is 0.817. The van der Waals surface area contributed by atoms with Crippen LogP contribution in [-0.2, 0) is 16.9 Å². The molecule has 6 nitrogen and oxygen atoms in total. The van der Waals surface area contributed by atoms with Gasteiger partial charge in [-0.05, 0) is 42.3 Å². The Morgan fingerprint density at radius 1 is 1.19 bits per heavy atom. The minimum absolute atomic E-state index is 0.0256. The lowest BCUT2D eigenvalue weighted by Crippen LogP contribution is -2.40. The molecule has 0 radical (unpaired) electrons. The minimum Gasteiger partial charge on any atom is -0.486 e. The molecule has 2 heterocycles. The zero-order valence-corrected chi connectivity index (χ0v) is 15.2. The summed E-state index contributed by atoms with van der Waals surface area (Å²) in [7, 11) is 0. The summed E-state index contributed by atoms with van der Waals surface area (Å²) >= 11 is 6.23. The first-order chi connectivity index (χ1) is 12.9. The number of hydrogen-bond donors (Lipinski definition) is 1. The molecular weight excluding hydrogens is 375 g/mol. The van der Waals surface area contributed by atoms with Crippen LogP contribution in [0, 0.1) is 5.82 Å². The maximum absolute atomic E-state index is 13.2. The molecular formula is C19H16ClFN2O4. The van der Waals surface area contributed by atoms with Crippen LogP contribution in [0.4, 0.5) is 9.18 Å². The molecule has 0 aliphatic carbocycles. The Bertz CT molecular complexity index is 934. The molecule has 0 aromatic heterocycles. The molecule has 1 saturated heterocycles. The van der Waals surface area contributed by atoms with Gasteiger partial charge in [-0.25, -0.2) is 9.18 Å². The third-order valence-electron chi connectivity index (χ3n) is 4.69. The number of halogens is 2. The van der Waals surface area contributed by atoms with Crippen LogP contribution < -0.4 is 14.8 Å². The first kappa shape index (κ1) is 17.6. The highest BCUT2D eigenvalue weighted by Gasteiger charge is 2.48. The van der Waals surface area contributed by atoms with Gasteiger partial charge in [0.25, 0.3) is 5.91 Å². The lowest BCUT2D eigenvalue weighted by molar-refractivity contribution is -0.131. The van der Waals surface area contributed by atoms with Crippen molar-refractivity contribution in [1.82, 2.24) is 10.2 Å². The number of carbonyl (C=O) groups is 2. The standard InChI is InChI=1S/C19H16ClFN2O4/c1-19(12-2-4-13(21)5-3-12)17(24)23(18(25)22-19)10-11-8-14(20)16-15(9-11)26-6-7-27-16/h2-5,8-9H,6-7,10H2,1H3,(H,22,25). The highest BCUT2D eigenvalue weighted by Crippen LogP contribution is 2.39. The van der Waals surface area contributed by atoms with Crippen LogP contribution >= 0.6 is 11.6 Å². The molecule has 0 spiro atoms. The van der Waals surface area contributed by atoms with E-state index >= 15 is 0 Å². The molecule has 140 valence electrons. The van der Waals surface area contributed by atoms with E-state index in [0.717, 1.165) is 4.90 Å². The van der Waals surface area contributed by atoms with Crippen LogP contribution in [0.3, 0.4) is 0 Å². The minimum atomic E-state index is -1.26. The third-order valence-corrected chi connectivity index (χ3v) is 4.97. The summed E-state index contributed by atoms with van der Waals surface area (Å²) in [6.07, 6.45) is 0. The maximum atomic E-state index is 13.2. The maximum Gasteiger partial charge on any atom is 0.325 e. The van der Waals surface area contributed by atoms with Gasteiger partial charge in [-0.1, -0.05) is 23.7 Å². The number of carbonyl (C=O) groups excluding carboxylic acids is 2. The van der Waals surface area contributed by atoms with Gasteiger partial charge in [-0.2, -0.15) is 0 Å². The van der Waals surface area contributed by atoms with Gasteiger partial charge in [-0.3, -0.25) is 9.69 Å². The Kier molecular flexibility index (Phi) is 4.19. The van der Waals surface area contributed by atoms with Gasteiger partial charge in [0.15, 0.2) is 11.5 Å². The molecule has 1 fully saturated rings. The predicted octanol–water partition coefficient (Wildman–Crippen LogP) is 3.22. The summed E-state index contributed by atoms with van der Waals surface area (Å²) in [4.78, 5) is 26.5. The van der Waals surface area contributed by atoms with Crippen molar-refractivity contribution in [3.8, 4) is 11.5 Å². The predicted molar refractivity (Wildman–Crippen MR) is 95.3 cm³/mol. The van der Waals surface area contributed by atoms with E-state index in [9.17, 15) is 14.0 Å². The number of amides is 3. The number of nitrogens with one attached hydrogen (secondary N) is 1. The van der Waals surface area contributed by atoms with Crippen LogP contribution in [0.1, 0.15) is 18.1 Å². The Morgan fingerprint density at radius 2 is 1.89 bits per heavy atom. The molecule has 2 aromatic rings. The molecule has 3 amide bonds. The van der Waals surface area contributed by atoms with Crippen LogP contribution in [0.2, 0.25) is 5.02 Å². The van der Waals surface area contributed by atoms with Gasteiger partial charge in [0.05, 0.1) is 11.6 Å². The summed E-state index contributed by atoms with van der Waals surface area (Å²) in [6, 6.07) is 8.29. The number of nitrogens with zero attached hydrogens (tertiary/aromatic N) is 1. The Labute approximate surface area is 159 Å². The van der Waals surface area contributed by atoms with Gasteiger partial charge in [-0.15, -0.1) is 0 Å². The van der Waals surface area contributed by atoms with E-state index in [4.69, 9.17) is 21.1 Å². The van der Waals surface area contributed by atoms with Crippen molar-refractivity contribution < 1.29 is 23.5 Å². The number of urea groups is 1. The van der Waals surface area contributed by atoms with E-state index < -0.39 is 23.3 Å². The van der Waals surface area contributed by atoms with Crippen molar-refractivity contribution in [1.29, 1.82) is 0 Å². The van der Waals surface area contributed by atoms with Crippen molar-refractivity contribution in [2.24, 2.45) is 0 Å². The topological polar surface area (TPSA) is 67.9 Å². The summed E-state index contributed by atoms with van der Waals surface area (Å²) in [5.41, 5.74) is -0.122. The molecule has 4 rings (SSSR count). The number of fused-ring (bicyclic) bond motifs is 1. The van der Waals surface area contributed by atoms with E-state index in [1.54, 1.807) is 19.1 Å². The zero-order chi connectivity index (χ0) is 19.2. The summed E-state index contributed by atoms with van der Waals surface area (Å²) in [5, 5.41) is 3.05. The first-order valence-electron chi connectivity index (χ1n) is 8.36. The average molecular weight is 391 g/mol. The van der Waals surface area contributed by atoms with Crippen LogP contribution in [0.5, 0.6) is 11.5 Å². The molecule has 2 aliphatic heterocycles. The molecule has 1 atom stereocenters. The summed E-state index contributed by atoms with van der Waals surface area (Å²) < 4.78 is 24.2. The molecule has 1 unspecified atom stereocenters. The van der Waals surface area contributed by atoms with Crippen molar-refractivity contribution >= 4 is 23.5 Å². The number of benzene rings is 2. The number of imide groups is 1. The van der Waals surface area contributed by atoms with Crippen LogP contribution in [0.25, 0.3) is 0 Å². The summed E-state index contributed by atoms with van der Waals surface area (Å²) in [6.45, 7) is 2.43. The Balaban J connectivity index is 1.62. The average Bonchev–Trinajstić information content (AvgIpc) is 2.86. The number of hydrogen-bond acceptors (Lipinski definition) is 4. The fraction of sp³-hybridized carbons (Fsp3) is 0.263. The summed E-state index contributed by atoms with van der Waals surface area (Å²) in [5.74, 6) is 0.101. The largest absolute Gasteiger partial charge is 0.486 e. The van der Waals surface area contributed by atoms with E-state index in [1.807, 2.05) is 0 Å². The second-order valence-electron chi connectivity index (χ2n) is 6.56. The third kappa shape index (κ3) is 2.98. The number of ether oxygens (including phenoxy) is 2. The van der Waals surface area contributed by atoms with E-state index in [0.29, 0.717) is 40.9 Å². The molecule has 2 aliphatic rings. The first-order valence-corrected chi connectivity index (χ1v) is 8.74. The van der Waals surface area contributed by atoms with Crippen molar-refractivity contribution in [3.05, 3.63) is 58.4 Å². The lowest BCUT2D eigenvalue weighted by Gasteiger charge is -2.23. The number of rotatable bonds is 3. The van der Waals surface area contributed by atoms with Crippen LogP contribution in [-0.4, -0.2) is 30.1 Å². The van der Waals surface area contributed by atoms with Gasteiger partial charge in [0.1, 0.15) is 24.6 Å². The van der Waals surface area contributed by atoms with Crippen molar-refractivity contribution in [3.63, 3.8) is 0 Å². The smallest absolute Gasteiger partial charge is 0.325 e. The van der Waals surface area contributed by atoms with E-state index in [1.165, 1.54) is 24.3 Å². The fourth-order valence-electron chi connectivity index (χ4n) is 3.26. The van der Waals surface area contributed by atoms with E-state index in [2.05, 4.69) is 5.32 Å². The van der Waals surface area contributed by atoms with Gasteiger partial charge < -0.3 is 14.8 Å². The second-order valence-corrected chi connectivity index (χ2v) is 6.96. The second kappa shape index (κ2) is 6.42. The molecule has 0 bridgehead atoms. The Hall–Kier alpha value is -2.80.